The van der Waals surface area contributed by atoms with Gasteiger partial charge in [-0.2, -0.15) is 4.98 Å². The number of ether oxygens (including phenoxy) is 1. The van der Waals surface area contributed by atoms with Gasteiger partial charge in [-0.3, -0.25) is 4.57 Å². The van der Waals surface area contributed by atoms with E-state index in [-0.39, 0.29) is 5.41 Å². The smallest absolute Gasteiger partial charge is 0.237 e. The number of rotatable bonds is 6. The molecule has 1 saturated heterocycles. The summed E-state index contributed by atoms with van der Waals surface area (Å²) >= 11 is 1.59. The fraction of sp³-hybridized carbons (Fsp3) is 0.765. The fourth-order valence-corrected chi connectivity index (χ4v) is 3.43. The molecule has 0 saturated carbocycles. The molecule has 144 valence electrons. The first-order valence-corrected chi connectivity index (χ1v) is 10.0. The van der Waals surface area contributed by atoms with Crippen LogP contribution in [0.15, 0.2) is 9.68 Å². The third-order valence-electron chi connectivity index (χ3n) is 4.00. The van der Waals surface area contributed by atoms with Gasteiger partial charge in [-0.1, -0.05) is 51.5 Å². The Morgan fingerprint density at radius 3 is 2.50 bits per heavy atom. The van der Waals surface area contributed by atoms with E-state index in [1.807, 2.05) is 0 Å². The van der Waals surface area contributed by atoms with E-state index < -0.39 is 0 Å². The summed E-state index contributed by atoms with van der Waals surface area (Å²) in [5, 5.41) is 13.8. The van der Waals surface area contributed by atoms with Crippen molar-refractivity contribution in [3.8, 4) is 0 Å². The molecule has 0 unspecified atom stereocenters. The van der Waals surface area contributed by atoms with E-state index >= 15 is 0 Å². The Kier molecular flexibility index (Phi) is 5.86. The maximum absolute atomic E-state index is 5.45. The van der Waals surface area contributed by atoms with Crippen molar-refractivity contribution in [1.82, 2.24) is 24.9 Å². The van der Waals surface area contributed by atoms with Crippen LogP contribution >= 0.6 is 11.8 Å². The minimum Gasteiger partial charge on any atom is -0.378 e. The first-order valence-electron chi connectivity index (χ1n) is 9.06. The summed E-state index contributed by atoms with van der Waals surface area (Å²) in [7, 11) is 0. The molecule has 1 aliphatic heterocycles. The van der Waals surface area contributed by atoms with Crippen LogP contribution in [0.5, 0.6) is 0 Å². The molecular weight excluding hydrogens is 352 g/mol. The van der Waals surface area contributed by atoms with Gasteiger partial charge in [-0.25, -0.2) is 0 Å². The molecule has 8 nitrogen and oxygen atoms in total. The Labute approximate surface area is 158 Å². The molecule has 26 heavy (non-hydrogen) atoms. The van der Waals surface area contributed by atoms with Crippen molar-refractivity contribution in [3.63, 3.8) is 0 Å². The molecular formula is C17H28N6O2S. The molecule has 2 aromatic rings. The molecule has 0 radical (unpaired) electrons. The zero-order chi connectivity index (χ0) is 18.7. The lowest BCUT2D eigenvalue weighted by Crippen LogP contribution is -2.38. The van der Waals surface area contributed by atoms with Crippen LogP contribution in [-0.2, 0) is 22.4 Å². The number of aromatic nitrogens is 5. The molecule has 0 aliphatic carbocycles. The molecule has 1 aliphatic rings. The van der Waals surface area contributed by atoms with Gasteiger partial charge in [0.05, 0.1) is 19.0 Å². The predicted molar refractivity (Wildman–Crippen MR) is 100 cm³/mol. The number of hydrogen-bond donors (Lipinski definition) is 0. The van der Waals surface area contributed by atoms with E-state index in [1.165, 1.54) is 0 Å². The van der Waals surface area contributed by atoms with E-state index in [4.69, 9.17) is 9.26 Å². The lowest BCUT2D eigenvalue weighted by molar-refractivity contribution is 0.121. The van der Waals surface area contributed by atoms with E-state index in [0.717, 1.165) is 49.8 Å². The quantitative estimate of drug-likeness (QED) is 0.708. The standard InChI is InChI=1S/C17H28N6O2S/c1-12(2)10-23-15(22-6-8-24-9-7-22)19-20-16(23)26-11-13-18-14(21-25-13)17(3,4)5/h12H,6-11H2,1-5H3. The Morgan fingerprint density at radius 2 is 1.88 bits per heavy atom. The second kappa shape index (κ2) is 7.96. The molecule has 3 heterocycles. The Morgan fingerprint density at radius 1 is 1.15 bits per heavy atom. The summed E-state index contributed by atoms with van der Waals surface area (Å²) in [6.45, 7) is 14.6. The van der Waals surface area contributed by atoms with E-state index in [0.29, 0.717) is 17.6 Å². The number of thioether (sulfide) groups is 1. The molecule has 0 atom stereocenters. The zero-order valence-electron chi connectivity index (χ0n) is 16.2. The largest absolute Gasteiger partial charge is 0.378 e. The highest BCUT2D eigenvalue weighted by atomic mass is 32.2. The van der Waals surface area contributed by atoms with Crippen LogP contribution in [0.1, 0.15) is 46.3 Å². The van der Waals surface area contributed by atoms with Crippen molar-refractivity contribution in [1.29, 1.82) is 0 Å². The van der Waals surface area contributed by atoms with Crippen molar-refractivity contribution in [2.24, 2.45) is 5.92 Å². The van der Waals surface area contributed by atoms with Gasteiger partial charge in [0.15, 0.2) is 11.0 Å². The molecule has 0 aromatic carbocycles. The van der Waals surface area contributed by atoms with Crippen molar-refractivity contribution in [2.45, 2.75) is 57.5 Å². The van der Waals surface area contributed by atoms with Crippen LogP contribution < -0.4 is 4.90 Å². The Bertz CT molecular complexity index is 715. The average Bonchev–Trinajstić information content (AvgIpc) is 3.20. The van der Waals surface area contributed by atoms with Gasteiger partial charge in [0.25, 0.3) is 0 Å². The molecule has 0 amide bonds. The van der Waals surface area contributed by atoms with Crippen LogP contribution in [0.4, 0.5) is 5.95 Å². The number of morpholine rings is 1. The lowest BCUT2D eigenvalue weighted by Gasteiger charge is -2.28. The molecule has 1 fully saturated rings. The maximum Gasteiger partial charge on any atom is 0.237 e. The summed E-state index contributed by atoms with van der Waals surface area (Å²) in [5.41, 5.74) is -0.117. The summed E-state index contributed by atoms with van der Waals surface area (Å²) in [4.78, 5) is 6.74. The van der Waals surface area contributed by atoms with E-state index in [9.17, 15) is 0 Å². The highest BCUT2D eigenvalue weighted by Crippen LogP contribution is 2.27. The third-order valence-corrected chi connectivity index (χ3v) is 4.95. The predicted octanol–water partition coefficient (Wildman–Crippen LogP) is 2.74. The van der Waals surface area contributed by atoms with Crippen LogP contribution in [-0.4, -0.2) is 51.2 Å². The third kappa shape index (κ3) is 4.56. The van der Waals surface area contributed by atoms with E-state index in [2.05, 4.69) is 64.4 Å². The molecule has 3 rings (SSSR count). The van der Waals surface area contributed by atoms with Gasteiger partial charge in [0, 0.05) is 25.0 Å². The first kappa shape index (κ1) is 19.2. The molecule has 0 N–H and O–H groups in total. The maximum atomic E-state index is 5.45. The highest BCUT2D eigenvalue weighted by molar-refractivity contribution is 7.98. The SMILES string of the molecule is CC(C)Cn1c(SCc2nc(C(C)(C)C)no2)nnc1N1CCOCC1. The second-order valence-corrected chi connectivity index (χ2v) is 8.88. The van der Waals surface area contributed by atoms with Crippen molar-refractivity contribution >= 4 is 17.7 Å². The number of nitrogens with zero attached hydrogens (tertiary/aromatic N) is 6. The lowest BCUT2D eigenvalue weighted by atomic mass is 9.96. The minimum atomic E-state index is -0.117. The fourth-order valence-electron chi connectivity index (χ4n) is 2.65. The van der Waals surface area contributed by atoms with Crippen molar-refractivity contribution in [3.05, 3.63) is 11.7 Å². The zero-order valence-corrected chi connectivity index (χ0v) is 17.0. The van der Waals surface area contributed by atoms with Gasteiger partial charge in [0.1, 0.15) is 0 Å². The van der Waals surface area contributed by atoms with Crippen LogP contribution in [0.3, 0.4) is 0 Å². The van der Waals surface area contributed by atoms with E-state index in [1.54, 1.807) is 11.8 Å². The monoisotopic (exact) mass is 380 g/mol. The molecule has 9 heteroatoms. The second-order valence-electron chi connectivity index (χ2n) is 7.94. The Balaban J connectivity index is 1.74. The van der Waals surface area contributed by atoms with Gasteiger partial charge in [-0.15, -0.1) is 10.2 Å². The number of anilines is 1. The van der Waals surface area contributed by atoms with Crippen LogP contribution in [0, 0.1) is 5.92 Å². The summed E-state index contributed by atoms with van der Waals surface area (Å²) in [6, 6.07) is 0. The van der Waals surface area contributed by atoms with Gasteiger partial charge in [0.2, 0.25) is 11.8 Å². The molecule has 0 spiro atoms. The molecule has 0 bridgehead atoms. The van der Waals surface area contributed by atoms with Gasteiger partial charge >= 0.3 is 0 Å². The van der Waals surface area contributed by atoms with Crippen LogP contribution in [0.25, 0.3) is 0 Å². The first-order chi connectivity index (χ1) is 12.3. The Hall–Kier alpha value is -1.61. The average molecular weight is 381 g/mol. The topological polar surface area (TPSA) is 82.1 Å². The summed E-state index contributed by atoms with van der Waals surface area (Å²) in [6.07, 6.45) is 0. The summed E-state index contributed by atoms with van der Waals surface area (Å²) < 4.78 is 13.0. The van der Waals surface area contributed by atoms with Crippen molar-refractivity contribution in [2.75, 3.05) is 31.2 Å². The van der Waals surface area contributed by atoms with Crippen molar-refractivity contribution < 1.29 is 9.26 Å². The number of hydrogen-bond acceptors (Lipinski definition) is 8. The van der Waals surface area contributed by atoms with Gasteiger partial charge < -0.3 is 14.2 Å². The van der Waals surface area contributed by atoms with Gasteiger partial charge in [-0.05, 0) is 5.92 Å². The van der Waals surface area contributed by atoms with Crippen LogP contribution in [0.2, 0.25) is 0 Å². The highest BCUT2D eigenvalue weighted by Gasteiger charge is 2.23. The molecule has 2 aromatic heterocycles. The summed E-state index contributed by atoms with van der Waals surface area (Å²) in [5.74, 6) is 3.35. The normalized spacial score (nSPS) is 15.8. The minimum absolute atomic E-state index is 0.117.